The van der Waals surface area contributed by atoms with Gasteiger partial charge in [-0.25, -0.2) is 0 Å². The van der Waals surface area contributed by atoms with Gasteiger partial charge in [0.1, 0.15) is 0 Å². The second-order valence-corrected chi connectivity index (χ2v) is 5.79. The van der Waals surface area contributed by atoms with Crippen LogP contribution in [-0.4, -0.2) is 53.9 Å². The lowest BCUT2D eigenvalue weighted by Crippen LogP contribution is -2.52. The minimum atomic E-state index is -0.296. The number of aliphatic hydroxyl groups excluding tert-OH is 1. The Bertz CT molecular complexity index is 490. The third kappa shape index (κ3) is 3.74. The largest absolute Gasteiger partial charge is 0.394 e. The van der Waals surface area contributed by atoms with Gasteiger partial charge in [0.05, 0.1) is 30.9 Å². The Morgan fingerprint density at radius 3 is 2.86 bits per heavy atom. The average molecular weight is 292 g/mol. The van der Waals surface area contributed by atoms with E-state index >= 15 is 0 Å². The van der Waals surface area contributed by atoms with Crippen LogP contribution in [0.1, 0.15) is 31.1 Å². The Morgan fingerprint density at radius 2 is 2.19 bits per heavy atom. The molecule has 1 fully saturated rings. The molecule has 1 saturated heterocycles. The highest BCUT2D eigenvalue weighted by Gasteiger charge is 2.30. The van der Waals surface area contributed by atoms with Crippen LogP contribution >= 0.6 is 0 Å². The van der Waals surface area contributed by atoms with Crippen molar-refractivity contribution < 1.29 is 14.6 Å². The quantitative estimate of drug-likeness (QED) is 0.887. The minimum absolute atomic E-state index is 0.00686. The van der Waals surface area contributed by atoms with E-state index in [0.29, 0.717) is 18.7 Å². The molecule has 0 radical (unpaired) electrons. The summed E-state index contributed by atoms with van der Waals surface area (Å²) in [6.45, 7) is 6.86. The standard InChI is InChI=1S/C16H24N2O3/c1-11(2)17-15-7-5-4-6-14(15)16(20)18-8-13(9-19)21-10-12(18)3/h4-7,11-13,17,19H,8-10H2,1-3H3. The van der Waals surface area contributed by atoms with E-state index in [1.165, 1.54) is 0 Å². The van der Waals surface area contributed by atoms with E-state index in [-0.39, 0.29) is 30.7 Å². The van der Waals surface area contributed by atoms with E-state index in [4.69, 9.17) is 4.74 Å². The molecule has 0 aliphatic carbocycles. The van der Waals surface area contributed by atoms with Crippen LogP contribution in [0.15, 0.2) is 24.3 Å². The normalized spacial score (nSPS) is 22.4. The number of anilines is 1. The predicted octanol–water partition coefficient (Wildman–Crippen LogP) is 1.73. The smallest absolute Gasteiger partial charge is 0.256 e. The number of ether oxygens (including phenoxy) is 1. The zero-order chi connectivity index (χ0) is 15.4. The zero-order valence-corrected chi connectivity index (χ0v) is 12.9. The average Bonchev–Trinajstić information content (AvgIpc) is 2.47. The Morgan fingerprint density at radius 1 is 1.48 bits per heavy atom. The molecule has 116 valence electrons. The number of aliphatic hydroxyl groups is 1. The van der Waals surface area contributed by atoms with Crippen LogP contribution in [0.3, 0.4) is 0 Å². The van der Waals surface area contributed by atoms with Gasteiger partial charge in [-0.05, 0) is 32.9 Å². The van der Waals surface area contributed by atoms with Gasteiger partial charge in [0, 0.05) is 18.3 Å². The fraction of sp³-hybridized carbons (Fsp3) is 0.562. The number of morpholine rings is 1. The van der Waals surface area contributed by atoms with Gasteiger partial charge in [0.2, 0.25) is 0 Å². The number of hydrogen-bond acceptors (Lipinski definition) is 4. The predicted molar refractivity (Wildman–Crippen MR) is 82.5 cm³/mol. The highest BCUT2D eigenvalue weighted by atomic mass is 16.5. The van der Waals surface area contributed by atoms with Crippen molar-refractivity contribution in [3.8, 4) is 0 Å². The molecule has 1 aliphatic heterocycles. The van der Waals surface area contributed by atoms with Gasteiger partial charge in [-0.2, -0.15) is 0 Å². The van der Waals surface area contributed by atoms with E-state index in [1.807, 2.05) is 45.0 Å². The maximum Gasteiger partial charge on any atom is 0.256 e. The molecular formula is C16H24N2O3. The molecule has 21 heavy (non-hydrogen) atoms. The fourth-order valence-electron chi connectivity index (χ4n) is 2.47. The first-order chi connectivity index (χ1) is 10.0. The van der Waals surface area contributed by atoms with Crippen molar-refractivity contribution in [3.05, 3.63) is 29.8 Å². The lowest BCUT2D eigenvalue weighted by molar-refractivity contribution is -0.0667. The van der Waals surface area contributed by atoms with Crippen LogP contribution in [0.5, 0.6) is 0 Å². The number of nitrogens with zero attached hydrogens (tertiary/aromatic N) is 1. The third-order valence-corrected chi connectivity index (χ3v) is 3.57. The fourth-order valence-corrected chi connectivity index (χ4v) is 2.47. The molecule has 0 bridgehead atoms. The molecule has 1 aliphatic rings. The van der Waals surface area contributed by atoms with Gasteiger partial charge in [-0.15, -0.1) is 0 Å². The van der Waals surface area contributed by atoms with Crippen molar-refractivity contribution >= 4 is 11.6 Å². The molecule has 5 nitrogen and oxygen atoms in total. The van der Waals surface area contributed by atoms with Crippen molar-refractivity contribution in [2.75, 3.05) is 25.1 Å². The van der Waals surface area contributed by atoms with Crippen LogP contribution in [0.2, 0.25) is 0 Å². The van der Waals surface area contributed by atoms with Crippen molar-refractivity contribution in [1.82, 2.24) is 4.90 Å². The lowest BCUT2D eigenvalue weighted by atomic mass is 10.1. The number of benzene rings is 1. The maximum atomic E-state index is 12.8. The molecule has 0 spiro atoms. The molecule has 2 rings (SSSR count). The highest BCUT2D eigenvalue weighted by molar-refractivity contribution is 5.99. The molecular weight excluding hydrogens is 268 g/mol. The minimum Gasteiger partial charge on any atom is -0.394 e. The Kier molecular flexibility index (Phi) is 5.20. The molecule has 0 aromatic heterocycles. The molecule has 2 unspecified atom stereocenters. The summed E-state index contributed by atoms with van der Waals surface area (Å²) in [5, 5.41) is 12.6. The first-order valence-electron chi connectivity index (χ1n) is 7.42. The Balaban J connectivity index is 2.22. The Labute approximate surface area is 125 Å². The number of amides is 1. The van der Waals surface area contributed by atoms with Gasteiger partial charge < -0.3 is 20.1 Å². The van der Waals surface area contributed by atoms with E-state index in [9.17, 15) is 9.90 Å². The summed E-state index contributed by atoms with van der Waals surface area (Å²) in [5.74, 6) is -0.0204. The van der Waals surface area contributed by atoms with Crippen LogP contribution in [0.4, 0.5) is 5.69 Å². The van der Waals surface area contributed by atoms with E-state index < -0.39 is 0 Å². The summed E-state index contributed by atoms with van der Waals surface area (Å²) in [5.41, 5.74) is 1.51. The summed E-state index contributed by atoms with van der Waals surface area (Å²) < 4.78 is 5.49. The summed E-state index contributed by atoms with van der Waals surface area (Å²) in [4.78, 5) is 14.6. The van der Waals surface area contributed by atoms with Gasteiger partial charge in [0.15, 0.2) is 0 Å². The number of hydrogen-bond donors (Lipinski definition) is 2. The van der Waals surface area contributed by atoms with Crippen LogP contribution in [-0.2, 0) is 4.74 Å². The van der Waals surface area contributed by atoms with E-state index in [1.54, 1.807) is 4.90 Å². The zero-order valence-electron chi connectivity index (χ0n) is 12.9. The van der Waals surface area contributed by atoms with Crippen molar-refractivity contribution in [2.45, 2.75) is 39.0 Å². The highest BCUT2D eigenvalue weighted by Crippen LogP contribution is 2.21. The molecule has 1 aromatic rings. The number of para-hydroxylation sites is 1. The van der Waals surface area contributed by atoms with Gasteiger partial charge in [-0.1, -0.05) is 12.1 Å². The van der Waals surface area contributed by atoms with E-state index in [0.717, 1.165) is 5.69 Å². The van der Waals surface area contributed by atoms with Gasteiger partial charge in [0.25, 0.3) is 5.91 Å². The molecule has 0 saturated carbocycles. The maximum absolute atomic E-state index is 12.8. The van der Waals surface area contributed by atoms with Gasteiger partial charge in [-0.3, -0.25) is 4.79 Å². The van der Waals surface area contributed by atoms with Gasteiger partial charge >= 0.3 is 0 Å². The van der Waals surface area contributed by atoms with Crippen LogP contribution < -0.4 is 5.32 Å². The summed E-state index contributed by atoms with van der Waals surface area (Å²) in [6, 6.07) is 7.80. The van der Waals surface area contributed by atoms with Crippen molar-refractivity contribution in [2.24, 2.45) is 0 Å². The summed E-state index contributed by atoms with van der Waals surface area (Å²) in [6.07, 6.45) is -0.296. The number of nitrogens with one attached hydrogen (secondary N) is 1. The molecule has 2 atom stereocenters. The number of carbonyl (C=O) groups excluding carboxylic acids is 1. The van der Waals surface area contributed by atoms with Crippen LogP contribution in [0, 0.1) is 0 Å². The summed E-state index contributed by atoms with van der Waals surface area (Å²) >= 11 is 0. The van der Waals surface area contributed by atoms with Crippen molar-refractivity contribution in [3.63, 3.8) is 0 Å². The topological polar surface area (TPSA) is 61.8 Å². The number of carbonyl (C=O) groups is 1. The number of rotatable bonds is 4. The molecule has 2 N–H and O–H groups in total. The third-order valence-electron chi connectivity index (χ3n) is 3.57. The lowest BCUT2D eigenvalue weighted by Gasteiger charge is -2.37. The second kappa shape index (κ2) is 6.91. The van der Waals surface area contributed by atoms with Crippen LogP contribution in [0.25, 0.3) is 0 Å². The SMILES string of the molecule is CC(C)Nc1ccccc1C(=O)N1CC(CO)OCC1C. The summed E-state index contributed by atoms with van der Waals surface area (Å²) in [7, 11) is 0. The first kappa shape index (κ1) is 15.8. The monoisotopic (exact) mass is 292 g/mol. The molecule has 1 amide bonds. The molecule has 5 heteroatoms. The molecule has 1 aromatic carbocycles. The second-order valence-electron chi connectivity index (χ2n) is 5.79. The molecule has 1 heterocycles. The van der Waals surface area contributed by atoms with E-state index in [2.05, 4.69) is 5.32 Å². The first-order valence-corrected chi connectivity index (χ1v) is 7.42. The van der Waals surface area contributed by atoms with Crippen molar-refractivity contribution in [1.29, 1.82) is 0 Å². The Hall–Kier alpha value is -1.59.